The summed E-state index contributed by atoms with van der Waals surface area (Å²) in [5.41, 5.74) is 4.93. The maximum Gasteiger partial charge on any atom is 0.490 e. The fourth-order valence-corrected chi connectivity index (χ4v) is 11.1. The van der Waals surface area contributed by atoms with E-state index in [1.165, 1.54) is 12.2 Å². The highest BCUT2D eigenvalue weighted by atomic mass is 32.2. The molecule has 4 heterocycles. The maximum absolute atomic E-state index is 12.6. The first-order chi connectivity index (χ1) is 29.1. The number of urea groups is 1. The number of fused-ring (bicyclic) bond motifs is 1. The minimum Gasteiger partial charge on any atom is -0.387 e. The van der Waals surface area contributed by atoms with Crippen molar-refractivity contribution >= 4 is 70.9 Å². The zero-order chi connectivity index (χ0) is 45.7. The molecule has 3 saturated heterocycles. The van der Waals surface area contributed by atoms with Crippen molar-refractivity contribution in [3.8, 4) is 0 Å². The summed E-state index contributed by atoms with van der Waals surface area (Å²) in [6, 6.07) is 0.255. The summed E-state index contributed by atoms with van der Waals surface area (Å²) in [5, 5.41) is 35.5. The quantitative estimate of drug-likeness (QED) is 0.0308. The molecule has 13 N–H and O–H groups in total. The number of phosphoric ester groups is 1. The van der Waals surface area contributed by atoms with Crippen molar-refractivity contribution < 1.29 is 80.5 Å². The summed E-state index contributed by atoms with van der Waals surface area (Å²) < 4.78 is 52.2. The first-order valence-corrected chi connectivity index (χ1v) is 25.0. The standard InChI is InChI=1S/C32H53N8O18P3S/c33-29-19(16-40(32(47)39-29)30-28(45)27(44)21(56-30)17-55-60(51,52)58-61(53,54)57-59(48,49)50)8-6-14-35-25(43)12-7-15-36-23(41)10-2-1-5-13-34-24(42)11-4-3-9-22-26-20(18-62-22)37-31(46)38-26/h6,8,16,20-22,26-28,30,44-45H,1-5,7,9-15,17-18H2,(H,34,42)(H,35,43)(H,36,41)(H,51,52)(H,53,54)(H2,33,39,47)(H2,37,38,46)(H2,48,49,50). The van der Waals surface area contributed by atoms with Crippen LogP contribution in [0.5, 0.6) is 0 Å². The van der Waals surface area contributed by atoms with Gasteiger partial charge in [0.2, 0.25) is 17.7 Å². The average Bonchev–Trinajstić information content (AvgIpc) is 3.81. The van der Waals surface area contributed by atoms with Gasteiger partial charge in [0.25, 0.3) is 0 Å². The Morgan fingerprint density at radius 1 is 0.887 bits per heavy atom. The van der Waals surface area contributed by atoms with E-state index in [0.717, 1.165) is 48.6 Å². The van der Waals surface area contributed by atoms with Gasteiger partial charge in [-0.15, -0.1) is 0 Å². The molecule has 3 aliphatic heterocycles. The summed E-state index contributed by atoms with van der Waals surface area (Å²) >= 11 is 1.86. The molecule has 4 rings (SSSR count). The monoisotopic (exact) mass is 962 g/mol. The van der Waals surface area contributed by atoms with Gasteiger partial charge in [0.1, 0.15) is 24.1 Å². The number of hydrogen-bond donors (Lipinski definition) is 12. The third-order valence-electron chi connectivity index (χ3n) is 9.54. The number of phosphoric acid groups is 3. The molecule has 62 heavy (non-hydrogen) atoms. The molecule has 1 aromatic heterocycles. The van der Waals surface area contributed by atoms with Crippen LogP contribution in [-0.2, 0) is 46.0 Å². The van der Waals surface area contributed by atoms with Crippen LogP contribution in [0.15, 0.2) is 17.1 Å². The number of rotatable bonds is 26. The van der Waals surface area contributed by atoms with E-state index in [1.807, 2.05) is 11.8 Å². The van der Waals surface area contributed by atoms with Crippen molar-refractivity contribution in [3.63, 3.8) is 0 Å². The Bertz CT molecular complexity index is 1970. The first kappa shape index (κ1) is 51.4. The van der Waals surface area contributed by atoms with Gasteiger partial charge < -0.3 is 66.8 Å². The van der Waals surface area contributed by atoms with Crippen molar-refractivity contribution in [2.75, 3.05) is 37.7 Å². The minimum absolute atomic E-state index is 0.00255. The topological polar surface area (TPSA) is 399 Å². The number of unbranched alkanes of at least 4 members (excludes halogenated alkanes) is 3. The van der Waals surface area contributed by atoms with Crippen molar-refractivity contribution in [3.05, 3.63) is 28.3 Å². The second kappa shape index (κ2) is 23.6. The van der Waals surface area contributed by atoms with Gasteiger partial charge >= 0.3 is 35.2 Å². The molecule has 3 fully saturated rings. The first-order valence-electron chi connectivity index (χ1n) is 19.5. The van der Waals surface area contributed by atoms with Crippen molar-refractivity contribution in [2.45, 2.75) is 106 Å². The summed E-state index contributed by atoms with van der Waals surface area (Å²) in [4.78, 5) is 101. The Kier molecular flexibility index (Phi) is 19.6. The number of nitrogens with zero attached hydrogens (tertiary/aromatic N) is 2. The van der Waals surface area contributed by atoms with E-state index in [1.54, 1.807) is 0 Å². The van der Waals surface area contributed by atoms with E-state index in [4.69, 9.17) is 20.3 Å². The number of nitrogen functional groups attached to an aromatic ring is 1. The Labute approximate surface area is 358 Å². The van der Waals surface area contributed by atoms with Gasteiger partial charge in [-0.3, -0.25) is 23.5 Å². The van der Waals surface area contributed by atoms with E-state index >= 15 is 0 Å². The molecule has 0 radical (unpaired) electrons. The Balaban J connectivity index is 1.06. The molecule has 0 aromatic carbocycles. The fraction of sp³-hybridized carbons (Fsp3) is 0.688. The number of nitrogens with two attached hydrogens (primary N) is 1. The number of carbonyl (C=O) groups excluding carboxylic acids is 4. The van der Waals surface area contributed by atoms with Crippen LogP contribution >= 0.6 is 35.2 Å². The molecule has 0 spiro atoms. The molecule has 30 heteroatoms. The van der Waals surface area contributed by atoms with Gasteiger partial charge in [-0.1, -0.05) is 25.0 Å². The molecule has 9 atom stereocenters. The van der Waals surface area contributed by atoms with Gasteiger partial charge in [-0.2, -0.15) is 25.4 Å². The molecular formula is C32H53N8O18P3S. The average molecular weight is 963 g/mol. The van der Waals surface area contributed by atoms with Crippen molar-refractivity contribution in [1.29, 1.82) is 0 Å². The van der Waals surface area contributed by atoms with Crippen molar-refractivity contribution in [1.82, 2.24) is 36.1 Å². The van der Waals surface area contributed by atoms with E-state index < -0.39 is 60.3 Å². The van der Waals surface area contributed by atoms with Crippen LogP contribution in [0.1, 0.15) is 76.0 Å². The number of nitrogens with one attached hydrogen (secondary N) is 5. The van der Waals surface area contributed by atoms with Crippen LogP contribution in [0.4, 0.5) is 10.6 Å². The molecular weight excluding hydrogens is 909 g/mol. The number of ether oxygens (including phenoxy) is 1. The second-order valence-electron chi connectivity index (χ2n) is 14.4. The Hall–Kier alpha value is -3.26. The van der Waals surface area contributed by atoms with Crippen LogP contribution in [0, 0.1) is 0 Å². The smallest absolute Gasteiger partial charge is 0.387 e. The van der Waals surface area contributed by atoms with Gasteiger partial charge in [-0.05, 0) is 32.1 Å². The van der Waals surface area contributed by atoms with Crippen LogP contribution in [0.25, 0.3) is 6.08 Å². The SMILES string of the molecule is Nc1nc(=O)n(C2OC(COP(=O)(O)OP(=O)(O)OP(=O)(O)O)C(O)C2O)cc1C=CCNC(=O)CCCNC(=O)CCCCCNC(=O)CCCCC1SCC2NC(=O)NC21. The molecule has 26 nitrogen and oxygen atoms in total. The third-order valence-corrected chi connectivity index (χ3v) is 14.9. The predicted molar refractivity (Wildman–Crippen MR) is 218 cm³/mol. The molecule has 9 unspecified atom stereocenters. The zero-order valence-electron chi connectivity index (χ0n) is 33.2. The zero-order valence-corrected chi connectivity index (χ0v) is 36.7. The van der Waals surface area contributed by atoms with Gasteiger partial charge in [0, 0.05) is 61.7 Å². The van der Waals surface area contributed by atoms with E-state index in [-0.39, 0.29) is 66.7 Å². The third kappa shape index (κ3) is 17.0. The lowest BCUT2D eigenvalue weighted by Crippen LogP contribution is -2.36. The summed E-state index contributed by atoms with van der Waals surface area (Å²) in [6.45, 7) is -0.260. The molecule has 350 valence electrons. The molecule has 0 aliphatic carbocycles. The number of amides is 5. The van der Waals surface area contributed by atoms with E-state index in [9.17, 15) is 57.7 Å². The lowest BCUT2D eigenvalue weighted by atomic mass is 10.0. The number of carbonyl (C=O) groups is 4. The molecule has 5 amide bonds. The van der Waals surface area contributed by atoms with E-state index in [0.29, 0.717) is 37.5 Å². The number of aliphatic hydroxyl groups is 2. The van der Waals surface area contributed by atoms with Gasteiger partial charge in [-0.25, -0.2) is 23.3 Å². The van der Waals surface area contributed by atoms with Crippen LogP contribution in [0.2, 0.25) is 0 Å². The number of thioether (sulfide) groups is 1. The molecule has 1 aromatic rings. The number of anilines is 1. The molecule has 3 aliphatic rings. The van der Waals surface area contributed by atoms with Crippen LogP contribution < -0.4 is 38.0 Å². The summed E-state index contributed by atoms with van der Waals surface area (Å²) in [5.74, 6) is 0.205. The number of hydrogen-bond acceptors (Lipinski definition) is 17. The fourth-order valence-electron chi connectivity index (χ4n) is 6.56. The number of aliphatic hydroxyl groups excluding tert-OH is 2. The lowest BCUT2D eigenvalue weighted by molar-refractivity contribution is -0.122. The molecule has 0 bridgehead atoms. The number of aromatic nitrogens is 2. The Morgan fingerprint density at radius 3 is 2.23 bits per heavy atom. The predicted octanol–water partition coefficient (Wildman–Crippen LogP) is -0.784. The lowest BCUT2D eigenvalue weighted by Gasteiger charge is -2.19. The summed E-state index contributed by atoms with van der Waals surface area (Å²) in [7, 11) is -17.0. The van der Waals surface area contributed by atoms with Gasteiger partial charge in [0.05, 0.1) is 18.7 Å². The highest BCUT2D eigenvalue weighted by Gasteiger charge is 2.47. The highest BCUT2D eigenvalue weighted by Crippen LogP contribution is 2.66. The highest BCUT2D eigenvalue weighted by molar-refractivity contribution is 8.00. The summed E-state index contributed by atoms with van der Waals surface area (Å²) in [6.07, 6.45) is 2.98. The maximum atomic E-state index is 12.6. The largest absolute Gasteiger partial charge is 0.490 e. The Morgan fingerprint density at radius 2 is 1.53 bits per heavy atom. The van der Waals surface area contributed by atoms with Crippen molar-refractivity contribution in [2.24, 2.45) is 0 Å². The second-order valence-corrected chi connectivity index (χ2v) is 20.1. The normalized spacial score (nSPS) is 25.4. The molecule has 0 saturated carbocycles. The van der Waals surface area contributed by atoms with Gasteiger partial charge in [0.15, 0.2) is 6.23 Å². The van der Waals surface area contributed by atoms with E-state index in [2.05, 4.69) is 44.7 Å². The minimum atomic E-state index is -5.82. The van der Waals surface area contributed by atoms with Crippen LogP contribution in [0.3, 0.4) is 0 Å². The van der Waals surface area contributed by atoms with Crippen LogP contribution in [-0.4, -0.2) is 131 Å².